The SMILES string of the molecule is OCc1ccccc1OCCN1CCN(C(c2ccccc2)c2ccc(Cl)cc2)CC1. The average Bonchev–Trinajstić information content (AvgIpc) is 2.82. The van der Waals surface area contributed by atoms with Gasteiger partial charge in [0.15, 0.2) is 0 Å². The average molecular weight is 437 g/mol. The first-order chi connectivity index (χ1) is 15.2. The molecule has 0 spiro atoms. The number of ether oxygens (including phenoxy) is 1. The lowest BCUT2D eigenvalue weighted by Crippen LogP contribution is -2.48. The third-order valence-electron chi connectivity index (χ3n) is 5.88. The molecule has 1 fully saturated rings. The molecule has 0 aliphatic carbocycles. The predicted octanol–water partition coefficient (Wildman–Crippen LogP) is 4.62. The minimum atomic E-state index is 0.000417. The Labute approximate surface area is 189 Å². The smallest absolute Gasteiger partial charge is 0.124 e. The Balaban J connectivity index is 1.36. The summed E-state index contributed by atoms with van der Waals surface area (Å²) in [5, 5.41) is 10.2. The topological polar surface area (TPSA) is 35.9 Å². The molecule has 5 heteroatoms. The molecule has 1 heterocycles. The third kappa shape index (κ3) is 5.66. The van der Waals surface area contributed by atoms with E-state index in [-0.39, 0.29) is 12.6 Å². The van der Waals surface area contributed by atoms with Crippen LogP contribution in [-0.4, -0.2) is 54.2 Å². The number of aliphatic hydroxyl groups excluding tert-OH is 1. The second kappa shape index (κ2) is 10.8. The van der Waals surface area contributed by atoms with E-state index in [9.17, 15) is 5.11 Å². The Hall–Kier alpha value is -2.37. The molecule has 3 aromatic carbocycles. The van der Waals surface area contributed by atoms with Crippen LogP contribution in [0.4, 0.5) is 0 Å². The van der Waals surface area contributed by atoms with Crippen molar-refractivity contribution in [2.75, 3.05) is 39.3 Å². The van der Waals surface area contributed by atoms with Crippen LogP contribution >= 0.6 is 11.6 Å². The van der Waals surface area contributed by atoms with E-state index in [4.69, 9.17) is 16.3 Å². The predicted molar refractivity (Wildman–Crippen MR) is 126 cm³/mol. The molecule has 4 rings (SSSR count). The van der Waals surface area contributed by atoms with Gasteiger partial charge in [0.1, 0.15) is 12.4 Å². The first-order valence-electron chi connectivity index (χ1n) is 10.8. The van der Waals surface area contributed by atoms with Gasteiger partial charge in [0, 0.05) is 43.3 Å². The van der Waals surface area contributed by atoms with Crippen LogP contribution < -0.4 is 4.74 Å². The highest BCUT2D eigenvalue weighted by Gasteiger charge is 2.26. The van der Waals surface area contributed by atoms with Gasteiger partial charge in [0.2, 0.25) is 0 Å². The maximum absolute atomic E-state index is 9.45. The van der Waals surface area contributed by atoms with Crippen LogP contribution in [0.3, 0.4) is 0 Å². The van der Waals surface area contributed by atoms with Gasteiger partial charge in [-0.2, -0.15) is 0 Å². The summed E-state index contributed by atoms with van der Waals surface area (Å²) in [5.41, 5.74) is 3.41. The molecule has 1 aliphatic rings. The molecule has 1 aliphatic heterocycles. The van der Waals surface area contributed by atoms with E-state index in [1.54, 1.807) is 0 Å². The quantitative estimate of drug-likeness (QED) is 0.559. The summed E-state index contributed by atoms with van der Waals surface area (Å²) < 4.78 is 5.93. The largest absolute Gasteiger partial charge is 0.492 e. The van der Waals surface area contributed by atoms with Crippen molar-refractivity contribution >= 4 is 11.6 Å². The Bertz CT molecular complexity index is 941. The van der Waals surface area contributed by atoms with Crippen LogP contribution in [-0.2, 0) is 6.61 Å². The maximum Gasteiger partial charge on any atom is 0.124 e. The molecule has 1 saturated heterocycles. The Kier molecular flexibility index (Phi) is 7.60. The Morgan fingerprint density at radius 3 is 2.16 bits per heavy atom. The molecule has 31 heavy (non-hydrogen) atoms. The van der Waals surface area contributed by atoms with Crippen LogP contribution in [0.15, 0.2) is 78.9 Å². The lowest BCUT2D eigenvalue weighted by molar-refractivity contribution is 0.0973. The summed E-state index contributed by atoms with van der Waals surface area (Å²) in [4.78, 5) is 5.00. The highest BCUT2D eigenvalue weighted by atomic mass is 35.5. The van der Waals surface area contributed by atoms with E-state index in [1.807, 2.05) is 36.4 Å². The normalized spacial score (nSPS) is 16.2. The minimum Gasteiger partial charge on any atom is -0.492 e. The molecular weight excluding hydrogens is 408 g/mol. The van der Waals surface area contributed by atoms with Crippen LogP contribution in [0.2, 0.25) is 5.02 Å². The molecule has 3 aromatic rings. The molecule has 1 N–H and O–H groups in total. The van der Waals surface area contributed by atoms with E-state index >= 15 is 0 Å². The van der Waals surface area contributed by atoms with Crippen LogP contribution in [0, 0.1) is 0 Å². The number of benzene rings is 3. The van der Waals surface area contributed by atoms with Crippen molar-refractivity contribution in [2.24, 2.45) is 0 Å². The standard InChI is InChI=1S/C26H29ClN2O2/c27-24-12-10-22(11-13-24)26(21-6-2-1-3-7-21)29-16-14-28(15-17-29)18-19-31-25-9-5-4-8-23(25)20-30/h1-13,26,30H,14-20H2. The van der Waals surface area contributed by atoms with Gasteiger partial charge < -0.3 is 9.84 Å². The van der Waals surface area contributed by atoms with Gasteiger partial charge in [-0.25, -0.2) is 0 Å². The number of piperazine rings is 1. The fourth-order valence-electron chi connectivity index (χ4n) is 4.20. The molecule has 4 nitrogen and oxygen atoms in total. The first-order valence-corrected chi connectivity index (χ1v) is 11.2. The summed E-state index contributed by atoms with van der Waals surface area (Å²) in [6.45, 7) is 5.50. The summed E-state index contributed by atoms with van der Waals surface area (Å²) in [6.07, 6.45) is 0. The number of halogens is 1. The molecule has 1 unspecified atom stereocenters. The van der Waals surface area contributed by atoms with Crippen LogP contribution in [0.25, 0.3) is 0 Å². The highest BCUT2D eigenvalue weighted by molar-refractivity contribution is 6.30. The summed E-state index contributed by atoms with van der Waals surface area (Å²) in [6, 6.07) is 26.8. The monoisotopic (exact) mass is 436 g/mol. The molecule has 0 saturated carbocycles. The number of hydrogen-bond acceptors (Lipinski definition) is 4. The lowest BCUT2D eigenvalue weighted by atomic mass is 9.96. The zero-order valence-electron chi connectivity index (χ0n) is 17.7. The Morgan fingerprint density at radius 2 is 1.45 bits per heavy atom. The molecular formula is C26H29ClN2O2. The van der Waals surface area contributed by atoms with Crippen molar-refractivity contribution < 1.29 is 9.84 Å². The summed E-state index contributed by atoms with van der Waals surface area (Å²) >= 11 is 6.13. The van der Waals surface area contributed by atoms with Gasteiger partial charge in [0.25, 0.3) is 0 Å². The van der Waals surface area contributed by atoms with Crippen molar-refractivity contribution in [2.45, 2.75) is 12.6 Å². The first kappa shape index (κ1) is 21.8. The van der Waals surface area contributed by atoms with Gasteiger partial charge in [-0.3, -0.25) is 9.80 Å². The van der Waals surface area contributed by atoms with Gasteiger partial charge in [-0.05, 0) is 29.3 Å². The van der Waals surface area contributed by atoms with Gasteiger partial charge in [-0.1, -0.05) is 72.3 Å². The summed E-state index contributed by atoms with van der Waals surface area (Å²) in [7, 11) is 0. The molecule has 0 amide bonds. The van der Waals surface area contributed by atoms with Crippen LogP contribution in [0.1, 0.15) is 22.7 Å². The van der Waals surface area contributed by atoms with E-state index in [0.717, 1.165) is 49.1 Å². The van der Waals surface area contributed by atoms with Crippen molar-refractivity contribution in [3.05, 3.63) is 101 Å². The van der Waals surface area contributed by atoms with E-state index in [2.05, 4.69) is 52.3 Å². The number of aliphatic hydroxyl groups is 1. The molecule has 162 valence electrons. The maximum atomic E-state index is 9.45. The van der Waals surface area contributed by atoms with Crippen molar-refractivity contribution in [1.29, 1.82) is 0 Å². The van der Waals surface area contributed by atoms with Crippen molar-refractivity contribution in [3.63, 3.8) is 0 Å². The number of rotatable bonds is 8. The minimum absolute atomic E-state index is 0.000417. The fraction of sp³-hybridized carbons (Fsp3) is 0.308. The van der Waals surface area contributed by atoms with Crippen LogP contribution in [0.5, 0.6) is 5.75 Å². The third-order valence-corrected chi connectivity index (χ3v) is 6.13. The zero-order valence-corrected chi connectivity index (χ0v) is 18.4. The summed E-state index contributed by atoms with van der Waals surface area (Å²) in [5.74, 6) is 0.774. The zero-order chi connectivity index (χ0) is 21.5. The van der Waals surface area contributed by atoms with Gasteiger partial charge in [0.05, 0.1) is 12.6 Å². The Morgan fingerprint density at radius 1 is 0.806 bits per heavy atom. The number of nitrogens with zero attached hydrogens (tertiary/aromatic N) is 2. The molecule has 0 radical (unpaired) electrons. The number of hydrogen-bond donors (Lipinski definition) is 1. The van der Waals surface area contributed by atoms with E-state index in [1.165, 1.54) is 11.1 Å². The lowest BCUT2D eigenvalue weighted by Gasteiger charge is -2.39. The van der Waals surface area contributed by atoms with E-state index < -0.39 is 0 Å². The van der Waals surface area contributed by atoms with Gasteiger partial charge >= 0.3 is 0 Å². The molecule has 0 bridgehead atoms. The highest BCUT2D eigenvalue weighted by Crippen LogP contribution is 2.30. The second-order valence-electron chi connectivity index (χ2n) is 7.86. The molecule has 1 atom stereocenters. The van der Waals surface area contributed by atoms with Crippen molar-refractivity contribution in [1.82, 2.24) is 9.80 Å². The molecule has 0 aromatic heterocycles. The second-order valence-corrected chi connectivity index (χ2v) is 8.29. The van der Waals surface area contributed by atoms with Gasteiger partial charge in [-0.15, -0.1) is 0 Å². The number of para-hydroxylation sites is 1. The van der Waals surface area contributed by atoms with E-state index in [0.29, 0.717) is 6.61 Å². The fourth-order valence-corrected chi connectivity index (χ4v) is 4.33. The van der Waals surface area contributed by atoms with Crippen molar-refractivity contribution in [3.8, 4) is 5.75 Å².